The van der Waals surface area contributed by atoms with Gasteiger partial charge in [-0.3, -0.25) is 0 Å². The number of hydrogen-bond acceptors (Lipinski definition) is 4. The molecule has 1 atom stereocenters. The lowest BCUT2D eigenvalue weighted by molar-refractivity contribution is 0.0436. The number of thiazole rings is 1. The van der Waals surface area contributed by atoms with Crippen LogP contribution in [0.25, 0.3) is 0 Å². The number of hydrogen-bond donors (Lipinski definition) is 2. The summed E-state index contributed by atoms with van der Waals surface area (Å²) in [7, 11) is 0. The van der Waals surface area contributed by atoms with Crippen molar-refractivity contribution in [3.05, 3.63) is 16.1 Å². The predicted octanol–water partition coefficient (Wildman–Crippen LogP) is 1.70. The molecule has 0 fully saturated rings. The smallest absolute Gasteiger partial charge is 0.0897 e. The molecule has 0 aromatic carbocycles. The van der Waals surface area contributed by atoms with Crippen molar-refractivity contribution in [1.82, 2.24) is 10.3 Å². The first kappa shape index (κ1) is 11.6. The maximum atomic E-state index is 9.69. The van der Waals surface area contributed by atoms with Crippen molar-refractivity contribution in [3.63, 3.8) is 0 Å². The third-order valence-corrected chi connectivity index (χ3v) is 3.14. The van der Waals surface area contributed by atoms with E-state index in [1.807, 2.05) is 19.2 Å². The van der Waals surface area contributed by atoms with Gasteiger partial charge in [0.05, 0.1) is 16.3 Å². The molecule has 1 unspecified atom stereocenters. The molecule has 1 heterocycles. The third kappa shape index (κ3) is 3.36. The largest absolute Gasteiger partial charge is 0.389 e. The van der Waals surface area contributed by atoms with Gasteiger partial charge in [0.25, 0.3) is 0 Å². The van der Waals surface area contributed by atoms with Crippen molar-refractivity contribution in [1.29, 1.82) is 0 Å². The summed E-state index contributed by atoms with van der Waals surface area (Å²) in [6.45, 7) is 8.29. The van der Waals surface area contributed by atoms with Gasteiger partial charge >= 0.3 is 0 Å². The van der Waals surface area contributed by atoms with Crippen LogP contribution in [0.2, 0.25) is 0 Å². The monoisotopic (exact) mass is 214 g/mol. The predicted molar refractivity (Wildman–Crippen MR) is 59.5 cm³/mol. The van der Waals surface area contributed by atoms with E-state index in [0.717, 1.165) is 17.2 Å². The summed E-state index contributed by atoms with van der Waals surface area (Å²) in [4.78, 5) is 4.34. The van der Waals surface area contributed by atoms with Crippen LogP contribution < -0.4 is 5.32 Å². The lowest BCUT2D eigenvalue weighted by Crippen LogP contribution is -2.44. The average Bonchev–Trinajstić information content (AvgIpc) is 2.45. The summed E-state index contributed by atoms with van der Waals surface area (Å²) in [5.74, 6) is 0. The number of aryl methyl sites for hydroxylation is 1. The Hall–Kier alpha value is -0.450. The van der Waals surface area contributed by atoms with Crippen LogP contribution >= 0.6 is 11.3 Å². The molecule has 0 saturated heterocycles. The fourth-order valence-corrected chi connectivity index (χ4v) is 1.61. The van der Waals surface area contributed by atoms with E-state index < -0.39 is 5.60 Å². The summed E-state index contributed by atoms with van der Waals surface area (Å²) in [5, 5.41) is 16.1. The molecule has 0 amide bonds. The molecular formula is C10H18N2OS. The number of aromatic nitrogens is 1. The molecule has 0 saturated carbocycles. The summed E-state index contributed by atoms with van der Waals surface area (Å²) >= 11 is 1.65. The van der Waals surface area contributed by atoms with Gasteiger partial charge in [-0.1, -0.05) is 0 Å². The second kappa shape index (κ2) is 4.38. The van der Waals surface area contributed by atoms with Crippen LogP contribution in [0, 0.1) is 6.92 Å². The van der Waals surface area contributed by atoms with Crippen LogP contribution in [-0.4, -0.2) is 21.7 Å². The second-order valence-electron chi connectivity index (χ2n) is 4.11. The molecule has 4 heteroatoms. The van der Waals surface area contributed by atoms with Crippen LogP contribution in [0.4, 0.5) is 0 Å². The number of rotatable bonds is 4. The maximum Gasteiger partial charge on any atom is 0.0897 e. The van der Waals surface area contributed by atoms with Crippen molar-refractivity contribution in [2.75, 3.05) is 0 Å². The normalized spacial score (nSPS) is 14.4. The van der Waals surface area contributed by atoms with E-state index in [9.17, 15) is 5.11 Å². The van der Waals surface area contributed by atoms with Crippen LogP contribution in [-0.2, 0) is 6.54 Å². The summed E-state index contributed by atoms with van der Waals surface area (Å²) < 4.78 is 0. The van der Waals surface area contributed by atoms with Crippen molar-refractivity contribution >= 4 is 11.3 Å². The lowest BCUT2D eigenvalue weighted by Gasteiger charge is -2.26. The van der Waals surface area contributed by atoms with E-state index in [1.54, 1.807) is 25.2 Å². The zero-order valence-corrected chi connectivity index (χ0v) is 9.98. The maximum absolute atomic E-state index is 9.69. The Bertz CT molecular complexity index is 291. The van der Waals surface area contributed by atoms with Gasteiger partial charge in [-0.2, -0.15) is 0 Å². The van der Waals surface area contributed by atoms with Crippen molar-refractivity contribution in [2.45, 2.75) is 45.9 Å². The number of nitrogens with zero attached hydrogens (tertiary/aromatic N) is 1. The van der Waals surface area contributed by atoms with Crippen LogP contribution in [0.15, 0.2) is 5.38 Å². The van der Waals surface area contributed by atoms with Crippen LogP contribution in [0.3, 0.4) is 0 Å². The minimum Gasteiger partial charge on any atom is -0.389 e. The molecule has 0 spiro atoms. The molecule has 80 valence electrons. The highest BCUT2D eigenvalue weighted by molar-refractivity contribution is 7.09. The van der Waals surface area contributed by atoms with Gasteiger partial charge in [0.1, 0.15) is 0 Å². The molecule has 0 aliphatic heterocycles. The molecule has 1 aromatic heterocycles. The molecule has 1 aromatic rings. The standard InChI is InChI=1S/C10H18N2OS/c1-7(10(3,4)13)11-5-9-6-14-8(2)12-9/h6-7,11,13H,5H2,1-4H3. The van der Waals surface area contributed by atoms with E-state index in [0.29, 0.717) is 0 Å². The highest BCUT2D eigenvalue weighted by Crippen LogP contribution is 2.10. The summed E-state index contributed by atoms with van der Waals surface area (Å²) in [6, 6.07) is 0.0597. The Labute approximate surface area is 89.2 Å². The first-order valence-corrected chi connectivity index (χ1v) is 5.64. The molecule has 0 aliphatic rings. The number of aliphatic hydroxyl groups is 1. The van der Waals surface area contributed by atoms with Gasteiger partial charge in [0, 0.05) is 18.0 Å². The second-order valence-corrected chi connectivity index (χ2v) is 5.18. The molecule has 14 heavy (non-hydrogen) atoms. The molecule has 2 N–H and O–H groups in total. The van der Waals surface area contributed by atoms with E-state index in [2.05, 4.69) is 10.3 Å². The fraction of sp³-hybridized carbons (Fsp3) is 0.700. The lowest BCUT2D eigenvalue weighted by atomic mass is 10.0. The van der Waals surface area contributed by atoms with Crippen molar-refractivity contribution in [3.8, 4) is 0 Å². The van der Waals surface area contributed by atoms with Gasteiger partial charge in [0.15, 0.2) is 0 Å². The van der Waals surface area contributed by atoms with Crippen LogP contribution in [0.5, 0.6) is 0 Å². The SMILES string of the molecule is Cc1nc(CNC(C)C(C)(C)O)cs1. The Morgan fingerprint density at radius 1 is 1.64 bits per heavy atom. The number of nitrogens with one attached hydrogen (secondary N) is 1. The van der Waals surface area contributed by atoms with Crippen molar-refractivity contribution < 1.29 is 5.11 Å². The van der Waals surface area contributed by atoms with Gasteiger partial charge in [0.2, 0.25) is 0 Å². The van der Waals surface area contributed by atoms with E-state index in [-0.39, 0.29) is 6.04 Å². The first-order chi connectivity index (χ1) is 6.39. The Morgan fingerprint density at radius 2 is 2.29 bits per heavy atom. The van der Waals surface area contributed by atoms with Gasteiger partial charge in [-0.05, 0) is 27.7 Å². The molecule has 1 rings (SSSR count). The average molecular weight is 214 g/mol. The summed E-state index contributed by atoms with van der Waals surface area (Å²) in [5.41, 5.74) is 0.356. The minimum absolute atomic E-state index is 0.0597. The Kier molecular flexibility index (Phi) is 3.64. The quantitative estimate of drug-likeness (QED) is 0.802. The molecule has 0 radical (unpaired) electrons. The topological polar surface area (TPSA) is 45.2 Å². The van der Waals surface area contributed by atoms with E-state index in [1.165, 1.54) is 0 Å². The first-order valence-electron chi connectivity index (χ1n) is 4.76. The molecule has 0 bridgehead atoms. The highest BCUT2D eigenvalue weighted by Gasteiger charge is 2.21. The highest BCUT2D eigenvalue weighted by atomic mass is 32.1. The zero-order chi connectivity index (χ0) is 10.8. The van der Waals surface area contributed by atoms with Gasteiger partial charge in [-0.15, -0.1) is 11.3 Å². The Balaban J connectivity index is 2.41. The zero-order valence-electron chi connectivity index (χ0n) is 9.16. The van der Waals surface area contributed by atoms with Crippen LogP contribution in [0.1, 0.15) is 31.5 Å². The summed E-state index contributed by atoms with van der Waals surface area (Å²) in [6.07, 6.45) is 0. The van der Waals surface area contributed by atoms with Crippen molar-refractivity contribution in [2.24, 2.45) is 0 Å². The Morgan fingerprint density at radius 3 is 2.71 bits per heavy atom. The van der Waals surface area contributed by atoms with Gasteiger partial charge in [-0.25, -0.2) is 4.98 Å². The minimum atomic E-state index is -0.689. The molecule has 3 nitrogen and oxygen atoms in total. The van der Waals surface area contributed by atoms with Gasteiger partial charge < -0.3 is 10.4 Å². The molecule has 0 aliphatic carbocycles. The fourth-order valence-electron chi connectivity index (χ4n) is 0.997. The van der Waals surface area contributed by atoms with E-state index in [4.69, 9.17) is 0 Å². The third-order valence-electron chi connectivity index (χ3n) is 2.32. The molecular weight excluding hydrogens is 196 g/mol. The van der Waals surface area contributed by atoms with E-state index >= 15 is 0 Å².